The number of nitrogens with zero attached hydrogens (tertiary/aromatic N) is 2. The molecule has 148 valence electrons. The highest BCUT2D eigenvalue weighted by atomic mass is 19.1. The third kappa shape index (κ3) is 2.89. The molecule has 0 bridgehead atoms. The van der Waals surface area contributed by atoms with Crippen molar-refractivity contribution in [2.75, 3.05) is 13.1 Å². The fraction of sp³-hybridized carbons (Fsp3) is 0.0833. The van der Waals surface area contributed by atoms with Crippen molar-refractivity contribution in [2.24, 2.45) is 5.73 Å². The van der Waals surface area contributed by atoms with Gasteiger partial charge < -0.3 is 11.1 Å². The van der Waals surface area contributed by atoms with Gasteiger partial charge in [0.15, 0.2) is 0 Å². The number of carbonyl (C=O) groups excluding carboxylic acids is 1. The smallest absolute Gasteiger partial charge is 0.255 e. The zero-order valence-electron chi connectivity index (χ0n) is 16.1. The zero-order valence-corrected chi connectivity index (χ0v) is 16.1. The molecule has 1 amide bonds. The Morgan fingerprint density at radius 3 is 2.70 bits per heavy atom. The Hall–Kier alpha value is -3.77. The van der Waals surface area contributed by atoms with Crippen LogP contribution in [0.15, 0.2) is 67.0 Å². The zero-order chi connectivity index (χ0) is 20.7. The van der Waals surface area contributed by atoms with Gasteiger partial charge in [0.1, 0.15) is 5.82 Å². The third-order valence-electron chi connectivity index (χ3n) is 5.33. The summed E-state index contributed by atoms with van der Waals surface area (Å²) in [7, 11) is 0. The summed E-state index contributed by atoms with van der Waals surface area (Å²) in [4.78, 5) is 12.6. The molecule has 30 heavy (non-hydrogen) atoms. The van der Waals surface area contributed by atoms with E-state index in [-0.39, 0.29) is 11.7 Å². The van der Waals surface area contributed by atoms with E-state index in [1.165, 1.54) is 6.07 Å². The van der Waals surface area contributed by atoms with Crippen LogP contribution in [0, 0.1) is 5.82 Å². The maximum atomic E-state index is 14.1. The van der Waals surface area contributed by atoms with Crippen LogP contribution in [-0.4, -0.2) is 28.6 Å². The van der Waals surface area contributed by atoms with E-state index in [0.717, 1.165) is 33.4 Å². The van der Waals surface area contributed by atoms with Crippen molar-refractivity contribution >= 4 is 23.1 Å². The maximum Gasteiger partial charge on any atom is 0.255 e. The second kappa shape index (κ2) is 7.24. The lowest BCUT2D eigenvalue weighted by molar-refractivity contribution is 0.0956. The minimum atomic E-state index is -0.281. The maximum absolute atomic E-state index is 14.1. The van der Waals surface area contributed by atoms with Gasteiger partial charge in [0.05, 0.1) is 17.3 Å². The number of hydrogen-bond acceptors (Lipinski definition) is 3. The highest BCUT2D eigenvalue weighted by Gasteiger charge is 2.24. The molecule has 0 saturated carbocycles. The van der Waals surface area contributed by atoms with Gasteiger partial charge in [-0.3, -0.25) is 4.79 Å². The van der Waals surface area contributed by atoms with Crippen LogP contribution in [0.4, 0.5) is 4.39 Å². The monoisotopic (exact) mass is 398 g/mol. The molecular weight excluding hydrogens is 379 g/mol. The summed E-state index contributed by atoms with van der Waals surface area (Å²) in [5, 5.41) is 7.12. The van der Waals surface area contributed by atoms with Crippen LogP contribution in [0.2, 0.25) is 0 Å². The van der Waals surface area contributed by atoms with Crippen molar-refractivity contribution in [3.05, 3.63) is 95.1 Å². The average molecular weight is 398 g/mol. The van der Waals surface area contributed by atoms with Gasteiger partial charge in [0, 0.05) is 24.8 Å². The van der Waals surface area contributed by atoms with E-state index in [2.05, 4.69) is 10.4 Å². The summed E-state index contributed by atoms with van der Waals surface area (Å²) in [5.41, 5.74) is 12.4. The minimum Gasteiger partial charge on any atom is -0.351 e. The van der Waals surface area contributed by atoms with Crippen LogP contribution < -0.4 is 11.1 Å². The first kappa shape index (κ1) is 18.3. The molecule has 1 aliphatic rings. The van der Waals surface area contributed by atoms with Gasteiger partial charge in [-0.2, -0.15) is 5.10 Å². The highest BCUT2D eigenvalue weighted by Crippen LogP contribution is 2.45. The number of carbonyl (C=O) groups is 1. The molecule has 2 heterocycles. The summed E-state index contributed by atoms with van der Waals surface area (Å²) in [6.45, 7) is 0.750. The second-order valence-corrected chi connectivity index (χ2v) is 7.15. The Kier molecular flexibility index (Phi) is 4.41. The number of amides is 1. The fourth-order valence-electron chi connectivity index (χ4n) is 4.02. The normalized spacial score (nSPS) is 13.5. The van der Waals surface area contributed by atoms with Gasteiger partial charge in [0.25, 0.3) is 5.91 Å². The van der Waals surface area contributed by atoms with Crippen molar-refractivity contribution in [2.45, 2.75) is 0 Å². The lowest BCUT2D eigenvalue weighted by atomic mass is 10.00. The highest BCUT2D eigenvalue weighted by molar-refractivity contribution is 6.09. The number of halogens is 1. The van der Waals surface area contributed by atoms with Crippen LogP contribution in [0.5, 0.6) is 0 Å². The van der Waals surface area contributed by atoms with Gasteiger partial charge in [-0.15, -0.1) is 0 Å². The number of hydrogen-bond donors (Lipinski definition) is 2. The van der Waals surface area contributed by atoms with Crippen LogP contribution in [0.25, 0.3) is 28.3 Å². The predicted molar refractivity (Wildman–Crippen MR) is 115 cm³/mol. The molecule has 1 aliphatic carbocycles. The first-order valence-corrected chi connectivity index (χ1v) is 9.73. The van der Waals surface area contributed by atoms with Crippen molar-refractivity contribution < 1.29 is 9.18 Å². The van der Waals surface area contributed by atoms with Crippen molar-refractivity contribution in [1.29, 1.82) is 0 Å². The molecule has 2 aromatic carbocycles. The first-order chi connectivity index (χ1) is 14.7. The van der Waals surface area contributed by atoms with E-state index in [4.69, 9.17) is 5.73 Å². The van der Waals surface area contributed by atoms with Crippen molar-refractivity contribution in [3.8, 4) is 11.1 Å². The molecule has 2 aromatic heterocycles. The Labute approximate surface area is 172 Å². The molecule has 0 saturated heterocycles. The molecule has 0 spiro atoms. The Morgan fingerprint density at radius 1 is 1.07 bits per heavy atom. The van der Waals surface area contributed by atoms with Gasteiger partial charge in [-0.05, 0) is 52.1 Å². The number of fused-ring (bicyclic) bond motifs is 4. The first-order valence-electron chi connectivity index (χ1n) is 9.73. The predicted octanol–water partition coefficient (Wildman–Crippen LogP) is 3.73. The molecule has 0 aliphatic heterocycles. The third-order valence-corrected chi connectivity index (χ3v) is 5.33. The molecule has 4 aromatic rings. The summed E-state index contributed by atoms with van der Waals surface area (Å²) in [5.74, 6) is -0.503. The van der Waals surface area contributed by atoms with Crippen molar-refractivity contribution in [3.63, 3.8) is 0 Å². The van der Waals surface area contributed by atoms with E-state index < -0.39 is 0 Å². The summed E-state index contributed by atoms with van der Waals surface area (Å²) in [6.07, 6.45) is 5.35. The summed E-state index contributed by atoms with van der Waals surface area (Å²) >= 11 is 0. The van der Waals surface area contributed by atoms with E-state index in [1.54, 1.807) is 23.0 Å². The summed E-state index contributed by atoms with van der Waals surface area (Å²) in [6, 6.07) is 16.7. The SMILES string of the molecule is NCCNC(=O)c1cnn2cccc(C=C3c4ccccc4-c4ccc(F)cc43)c12. The molecule has 0 fully saturated rings. The molecule has 3 N–H and O–H groups in total. The molecule has 5 nitrogen and oxygen atoms in total. The van der Waals surface area contributed by atoms with E-state index in [0.29, 0.717) is 24.2 Å². The molecule has 0 atom stereocenters. The number of nitrogens with one attached hydrogen (secondary N) is 1. The van der Waals surface area contributed by atoms with Gasteiger partial charge in [-0.25, -0.2) is 8.91 Å². The lowest BCUT2D eigenvalue weighted by Gasteiger charge is -2.07. The number of aromatic nitrogens is 2. The minimum absolute atomic E-state index is 0.223. The van der Waals surface area contributed by atoms with E-state index in [1.807, 2.05) is 48.5 Å². The lowest BCUT2D eigenvalue weighted by Crippen LogP contribution is -2.28. The van der Waals surface area contributed by atoms with Gasteiger partial charge >= 0.3 is 0 Å². The number of benzene rings is 2. The largest absolute Gasteiger partial charge is 0.351 e. The van der Waals surface area contributed by atoms with Gasteiger partial charge in [-0.1, -0.05) is 36.4 Å². The van der Waals surface area contributed by atoms with Crippen LogP contribution in [-0.2, 0) is 0 Å². The van der Waals surface area contributed by atoms with Crippen LogP contribution >= 0.6 is 0 Å². The number of rotatable bonds is 4. The second-order valence-electron chi connectivity index (χ2n) is 7.15. The number of nitrogens with two attached hydrogens (primary N) is 1. The van der Waals surface area contributed by atoms with Crippen LogP contribution in [0.3, 0.4) is 0 Å². The molecule has 6 heteroatoms. The molecule has 0 unspecified atom stereocenters. The molecule has 0 radical (unpaired) electrons. The summed E-state index contributed by atoms with van der Waals surface area (Å²) < 4.78 is 15.8. The standard InChI is InChI=1S/C24H19FN4O/c25-16-7-8-19-17-5-1-2-6-18(17)20(21(19)13-16)12-15-4-3-11-29-23(15)22(14-28-29)24(30)27-10-9-26/h1-8,11-14H,9-10,26H2,(H,27,30). The Morgan fingerprint density at radius 2 is 1.87 bits per heavy atom. The fourth-order valence-corrected chi connectivity index (χ4v) is 4.02. The Balaban J connectivity index is 1.72. The molecule has 5 rings (SSSR count). The van der Waals surface area contributed by atoms with E-state index in [9.17, 15) is 9.18 Å². The number of pyridine rings is 1. The van der Waals surface area contributed by atoms with Gasteiger partial charge in [0.2, 0.25) is 0 Å². The Bertz CT molecular complexity index is 1320. The quantitative estimate of drug-likeness (QED) is 0.485. The van der Waals surface area contributed by atoms with E-state index >= 15 is 0 Å². The average Bonchev–Trinajstić information content (AvgIpc) is 3.33. The topological polar surface area (TPSA) is 72.4 Å². The van der Waals surface area contributed by atoms with Crippen molar-refractivity contribution in [1.82, 2.24) is 14.9 Å². The molecular formula is C24H19FN4O. The van der Waals surface area contributed by atoms with Crippen LogP contribution in [0.1, 0.15) is 27.0 Å².